The van der Waals surface area contributed by atoms with E-state index >= 15 is 0 Å². The Hall–Kier alpha value is -7.22. The minimum atomic E-state index is 1.15. The van der Waals surface area contributed by atoms with Crippen LogP contribution in [0.1, 0.15) is 0 Å². The van der Waals surface area contributed by atoms with Crippen LogP contribution in [-0.2, 0) is 0 Å². The van der Waals surface area contributed by atoms with Crippen LogP contribution >= 0.6 is 0 Å². The number of hydrogen-bond donors (Lipinski definition) is 0. The van der Waals surface area contributed by atoms with Crippen LogP contribution in [0.25, 0.3) is 104 Å². The number of benzene rings is 10. The molecule has 0 spiro atoms. The average molecular weight is 698 g/mol. The van der Waals surface area contributed by atoms with E-state index in [1.165, 1.54) is 98.6 Å². The summed E-state index contributed by atoms with van der Waals surface area (Å²) in [5.74, 6) is 0. The number of aromatic nitrogens is 1. The second-order valence-electron chi connectivity index (χ2n) is 14.5. The Balaban J connectivity index is 1.00. The summed E-state index contributed by atoms with van der Waals surface area (Å²) in [6, 6.07) is 77.7. The predicted octanol–water partition coefficient (Wildman–Crippen LogP) is 14.9. The Morgan fingerprint density at radius 3 is 1.31 bits per heavy atom. The summed E-state index contributed by atoms with van der Waals surface area (Å²) in [6.07, 6.45) is 0. The first-order valence-electron chi connectivity index (χ1n) is 19.0. The third kappa shape index (κ3) is 5.16. The zero-order valence-corrected chi connectivity index (χ0v) is 30.2. The van der Waals surface area contributed by atoms with Gasteiger partial charge in [-0.1, -0.05) is 176 Å². The number of hydrogen-bond acceptors (Lipinski definition) is 0. The van der Waals surface area contributed by atoms with E-state index in [9.17, 15) is 0 Å². The van der Waals surface area contributed by atoms with Gasteiger partial charge >= 0.3 is 0 Å². The van der Waals surface area contributed by atoms with Gasteiger partial charge in [-0.05, 0) is 113 Å². The van der Waals surface area contributed by atoms with Crippen molar-refractivity contribution < 1.29 is 0 Å². The second-order valence-corrected chi connectivity index (χ2v) is 14.5. The van der Waals surface area contributed by atoms with Crippen LogP contribution in [0.15, 0.2) is 212 Å². The molecule has 0 unspecified atom stereocenters. The molecule has 1 heterocycles. The van der Waals surface area contributed by atoms with Gasteiger partial charge in [0.1, 0.15) is 0 Å². The van der Waals surface area contributed by atoms with Crippen LogP contribution in [0, 0.1) is 0 Å². The second kappa shape index (κ2) is 12.7. The van der Waals surface area contributed by atoms with Crippen LogP contribution in [-0.4, -0.2) is 4.57 Å². The van der Waals surface area contributed by atoms with Gasteiger partial charge in [-0.3, -0.25) is 0 Å². The lowest BCUT2D eigenvalue weighted by molar-refractivity contribution is 1.18. The lowest BCUT2D eigenvalue weighted by atomic mass is 9.86. The fourth-order valence-electron chi connectivity index (χ4n) is 8.79. The van der Waals surface area contributed by atoms with Gasteiger partial charge in [-0.25, -0.2) is 0 Å². The molecule has 0 saturated carbocycles. The minimum Gasteiger partial charge on any atom is -0.309 e. The smallest absolute Gasteiger partial charge is 0.0541 e. The zero-order valence-electron chi connectivity index (χ0n) is 30.2. The van der Waals surface area contributed by atoms with E-state index in [4.69, 9.17) is 0 Å². The van der Waals surface area contributed by atoms with Crippen molar-refractivity contribution in [3.63, 3.8) is 0 Å². The highest BCUT2D eigenvalue weighted by Gasteiger charge is 2.18. The van der Waals surface area contributed by atoms with Crippen molar-refractivity contribution in [3.05, 3.63) is 212 Å². The predicted molar refractivity (Wildman–Crippen MR) is 235 cm³/mol. The van der Waals surface area contributed by atoms with Gasteiger partial charge in [0.15, 0.2) is 0 Å². The van der Waals surface area contributed by atoms with Crippen molar-refractivity contribution in [1.29, 1.82) is 0 Å². The van der Waals surface area contributed by atoms with E-state index in [0.717, 1.165) is 5.69 Å². The maximum absolute atomic E-state index is 2.41. The SMILES string of the molecule is c1ccc(-c2c3ccccc3c(-c3ccc(-n4c5ccccc5c5cc(-c6ccc(-c7ccc8ccccc8c7)cc6)ccc54)cc3)c3ccccc23)cc1. The molecule has 0 atom stereocenters. The first kappa shape index (κ1) is 31.3. The maximum atomic E-state index is 2.41. The maximum Gasteiger partial charge on any atom is 0.0541 e. The number of nitrogens with zero attached hydrogens (tertiary/aromatic N) is 1. The number of fused-ring (bicyclic) bond motifs is 6. The Bertz CT molecular complexity index is 3170. The Morgan fingerprint density at radius 1 is 0.236 bits per heavy atom. The first-order chi connectivity index (χ1) is 27.3. The molecule has 0 bridgehead atoms. The Kier molecular flexibility index (Phi) is 7.25. The molecule has 1 nitrogen and oxygen atoms in total. The Morgan fingerprint density at radius 2 is 0.673 bits per heavy atom. The molecule has 0 N–H and O–H groups in total. The number of rotatable bonds is 5. The van der Waals surface area contributed by atoms with Gasteiger partial charge in [-0.15, -0.1) is 0 Å². The quantitative estimate of drug-likeness (QED) is 0.158. The first-order valence-corrected chi connectivity index (χ1v) is 19.0. The molecular formula is C54H35N. The normalized spacial score (nSPS) is 11.6. The molecule has 0 amide bonds. The summed E-state index contributed by atoms with van der Waals surface area (Å²) >= 11 is 0. The molecule has 0 fully saturated rings. The van der Waals surface area contributed by atoms with E-state index < -0.39 is 0 Å². The van der Waals surface area contributed by atoms with Gasteiger partial charge in [0, 0.05) is 16.5 Å². The molecule has 1 aromatic heterocycles. The summed E-state index contributed by atoms with van der Waals surface area (Å²) in [5.41, 5.74) is 13.5. The van der Waals surface area contributed by atoms with Gasteiger partial charge in [0.2, 0.25) is 0 Å². The summed E-state index contributed by atoms with van der Waals surface area (Å²) < 4.78 is 2.41. The molecule has 1 heteroatoms. The third-order valence-corrected chi connectivity index (χ3v) is 11.4. The average Bonchev–Trinajstić information content (AvgIpc) is 3.59. The van der Waals surface area contributed by atoms with Gasteiger partial charge < -0.3 is 4.57 Å². The molecule has 0 radical (unpaired) electrons. The summed E-state index contributed by atoms with van der Waals surface area (Å²) in [6.45, 7) is 0. The van der Waals surface area contributed by atoms with Crippen molar-refractivity contribution in [2.24, 2.45) is 0 Å². The van der Waals surface area contributed by atoms with Crippen molar-refractivity contribution in [2.45, 2.75) is 0 Å². The molecule has 0 aliphatic heterocycles. The van der Waals surface area contributed by atoms with E-state index in [1.807, 2.05) is 0 Å². The minimum absolute atomic E-state index is 1.15. The van der Waals surface area contributed by atoms with Crippen LogP contribution in [0.4, 0.5) is 0 Å². The number of para-hydroxylation sites is 1. The molecular weight excluding hydrogens is 663 g/mol. The lowest BCUT2D eigenvalue weighted by Crippen LogP contribution is -1.94. The van der Waals surface area contributed by atoms with E-state index in [2.05, 4.69) is 217 Å². The van der Waals surface area contributed by atoms with E-state index in [0.29, 0.717) is 0 Å². The van der Waals surface area contributed by atoms with Gasteiger partial charge in [0.05, 0.1) is 11.0 Å². The van der Waals surface area contributed by atoms with E-state index in [-0.39, 0.29) is 0 Å². The van der Waals surface area contributed by atoms with Crippen molar-refractivity contribution >= 4 is 54.1 Å². The van der Waals surface area contributed by atoms with Crippen LogP contribution in [0.5, 0.6) is 0 Å². The van der Waals surface area contributed by atoms with Crippen molar-refractivity contribution in [2.75, 3.05) is 0 Å². The lowest BCUT2D eigenvalue weighted by Gasteiger charge is -2.18. The fourth-order valence-corrected chi connectivity index (χ4v) is 8.79. The molecule has 0 aliphatic carbocycles. The highest BCUT2D eigenvalue weighted by Crippen LogP contribution is 2.44. The standard InChI is InChI=1S/C54H35N/c1-2-13-39(14-3-1)53-46-17-6-8-19-48(46)54(49-20-9-7-18-47(49)53)40-28-31-44(32-29-40)55-51-21-11-10-16-45(51)50-35-43(30-33-52(50)55)38-24-22-37(23-25-38)42-27-26-36-12-4-5-15-41(36)34-42/h1-35H. The highest BCUT2D eigenvalue weighted by atomic mass is 15.0. The molecule has 11 aromatic rings. The highest BCUT2D eigenvalue weighted by molar-refractivity contribution is 6.21. The monoisotopic (exact) mass is 697 g/mol. The zero-order chi connectivity index (χ0) is 36.3. The van der Waals surface area contributed by atoms with Crippen LogP contribution in [0.3, 0.4) is 0 Å². The topological polar surface area (TPSA) is 4.93 Å². The molecule has 11 rings (SSSR count). The molecule has 0 aliphatic rings. The molecule has 10 aromatic carbocycles. The molecule has 256 valence electrons. The largest absolute Gasteiger partial charge is 0.309 e. The Labute approximate surface area is 320 Å². The van der Waals surface area contributed by atoms with Gasteiger partial charge in [-0.2, -0.15) is 0 Å². The van der Waals surface area contributed by atoms with E-state index in [1.54, 1.807) is 0 Å². The summed E-state index contributed by atoms with van der Waals surface area (Å²) in [5, 5.41) is 10.1. The molecule has 55 heavy (non-hydrogen) atoms. The van der Waals surface area contributed by atoms with Crippen LogP contribution < -0.4 is 0 Å². The van der Waals surface area contributed by atoms with Crippen molar-refractivity contribution in [3.8, 4) is 50.2 Å². The van der Waals surface area contributed by atoms with Crippen LogP contribution in [0.2, 0.25) is 0 Å². The third-order valence-electron chi connectivity index (χ3n) is 11.4. The fraction of sp³-hybridized carbons (Fsp3) is 0. The molecule has 0 saturated heterocycles. The summed E-state index contributed by atoms with van der Waals surface area (Å²) in [7, 11) is 0. The summed E-state index contributed by atoms with van der Waals surface area (Å²) in [4.78, 5) is 0. The van der Waals surface area contributed by atoms with Crippen molar-refractivity contribution in [1.82, 2.24) is 4.57 Å². The van der Waals surface area contributed by atoms with Gasteiger partial charge in [0.25, 0.3) is 0 Å².